The van der Waals surface area contributed by atoms with Crippen molar-refractivity contribution in [2.75, 3.05) is 6.54 Å². The predicted molar refractivity (Wildman–Crippen MR) is 107 cm³/mol. The largest absolute Gasteiger partial charge is 0.334 e. The number of hydrogen-bond acceptors (Lipinski definition) is 2. The molecule has 4 rings (SSSR count). The Morgan fingerprint density at radius 2 is 1.79 bits per heavy atom. The first kappa shape index (κ1) is 18.4. The number of carbonyl (C=O) groups excluding carboxylic acids is 1. The third-order valence-corrected chi connectivity index (χ3v) is 5.22. The van der Waals surface area contributed by atoms with E-state index in [0.717, 1.165) is 41.9 Å². The van der Waals surface area contributed by atoms with Crippen molar-refractivity contribution in [1.82, 2.24) is 9.88 Å². The summed E-state index contributed by atoms with van der Waals surface area (Å²) in [6.07, 6.45) is 2.91. The second kappa shape index (κ2) is 8.34. The lowest BCUT2D eigenvalue weighted by atomic mass is 10.1. The van der Waals surface area contributed by atoms with Gasteiger partial charge in [0.25, 0.3) is 0 Å². The average molecular weight is 374 g/mol. The van der Waals surface area contributed by atoms with E-state index in [-0.39, 0.29) is 17.8 Å². The van der Waals surface area contributed by atoms with Gasteiger partial charge in [-0.05, 0) is 48.2 Å². The Balaban J connectivity index is 1.50. The number of rotatable bonds is 5. The number of likely N-dealkylation sites (tertiary alicyclic amines) is 1. The molecule has 0 N–H and O–H groups in total. The molecule has 142 valence electrons. The summed E-state index contributed by atoms with van der Waals surface area (Å²) < 4.78 is 13.4. The van der Waals surface area contributed by atoms with Crippen LogP contribution in [0.25, 0.3) is 0 Å². The van der Waals surface area contributed by atoms with E-state index < -0.39 is 0 Å². The maximum absolute atomic E-state index is 13.4. The maximum atomic E-state index is 13.4. The zero-order valence-corrected chi connectivity index (χ0v) is 15.7. The highest BCUT2D eigenvalue weighted by Crippen LogP contribution is 2.31. The zero-order valence-electron chi connectivity index (χ0n) is 15.7. The summed E-state index contributed by atoms with van der Waals surface area (Å²) in [6, 6.07) is 22.4. The molecule has 3 aromatic rings. The molecule has 1 fully saturated rings. The fourth-order valence-corrected chi connectivity index (χ4v) is 3.88. The van der Waals surface area contributed by atoms with Crippen LogP contribution in [0.2, 0.25) is 0 Å². The monoisotopic (exact) mass is 374 g/mol. The first-order chi connectivity index (χ1) is 13.7. The Labute approximate surface area is 164 Å². The van der Waals surface area contributed by atoms with Crippen LogP contribution in [0.1, 0.15) is 41.4 Å². The fourth-order valence-electron chi connectivity index (χ4n) is 3.88. The van der Waals surface area contributed by atoms with Crippen LogP contribution in [0, 0.1) is 5.82 Å². The Hall–Kier alpha value is -3.01. The Kier molecular flexibility index (Phi) is 5.47. The van der Waals surface area contributed by atoms with Crippen molar-refractivity contribution in [1.29, 1.82) is 0 Å². The molecule has 1 saturated heterocycles. The fraction of sp³-hybridized carbons (Fsp3) is 0.250. The minimum atomic E-state index is -0.234. The van der Waals surface area contributed by atoms with Gasteiger partial charge in [-0.25, -0.2) is 4.39 Å². The Bertz CT molecular complexity index is 958. The molecule has 4 heteroatoms. The van der Waals surface area contributed by atoms with Gasteiger partial charge < -0.3 is 4.90 Å². The zero-order chi connectivity index (χ0) is 19.3. The molecule has 1 atom stereocenters. The van der Waals surface area contributed by atoms with Crippen LogP contribution in [0.4, 0.5) is 4.39 Å². The minimum Gasteiger partial charge on any atom is -0.334 e. The lowest BCUT2D eigenvalue weighted by molar-refractivity contribution is -0.131. The molecule has 1 aliphatic heterocycles. The molecule has 1 aromatic heterocycles. The molecule has 0 saturated carbocycles. The quantitative estimate of drug-likeness (QED) is 0.648. The van der Waals surface area contributed by atoms with E-state index >= 15 is 0 Å². The van der Waals surface area contributed by atoms with Crippen molar-refractivity contribution < 1.29 is 9.18 Å². The molecule has 0 radical (unpaired) electrons. The van der Waals surface area contributed by atoms with Gasteiger partial charge >= 0.3 is 0 Å². The summed E-state index contributed by atoms with van der Waals surface area (Å²) in [5.74, 6) is -0.0897. The molecular weight excluding hydrogens is 351 g/mol. The number of hydrogen-bond donors (Lipinski definition) is 0. The van der Waals surface area contributed by atoms with E-state index in [2.05, 4.69) is 0 Å². The highest BCUT2D eigenvalue weighted by atomic mass is 19.1. The molecule has 1 aliphatic rings. The highest BCUT2D eigenvalue weighted by molar-refractivity contribution is 5.79. The van der Waals surface area contributed by atoms with Gasteiger partial charge in [0, 0.05) is 18.7 Å². The predicted octanol–water partition coefficient (Wildman–Crippen LogP) is 4.72. The molecule has 2 aromatic carbocycles. The van der Waals surface area contributed by atoms with Crippen LogP contribution in [0.15, 0.2) is 72.8 Å². The van der Waals surface area contributed by atoms with Gasteiger partial charge in [0.05, 0.1) is 18.2 Å². The van der Waals surface area contributed by atoms with E-state index in [1.54, 1.807) is 12.1 Å². The molecular formula is C24H23FN2O. The van der Waals surface area contributed by atoms with Crippen LogP contribution in [-0.4, -0.2) is 22.3 Å². The van der Waals surface area contributed by atoms with Crippen molar-refractivity contribution in [2.45, 2.75) is 31.7 Å². The molecule has 0 unspecified atom stereocenters. The van der Waals surface area contributed by atoms with E-state index in [1.165, 1.54) is 6.07 Å². The van der Waals surface area contributed by atoms with Crippen LogP contribution in [0.3, 0.4) is 0 Å². The highest BCUT2D eigenvalue weighted by Gasteiger charge is 2.30. The van der Waals surface area contributed by atoms with E-state index in [4.69, 9.17) is 4.98 Å². The summed E-state index contributed by atoms with van der Waals surface area (Å²) in [6.45, 7) is 0.770. The number of aromatic nitrogens is 1. The second-order valence-electron chi connectivity index (χ2n) is 7.27. The van der Waals surface area contributed by atoms with Crippen LogP contribution >= 0.6 is 0 Å². The topological polar surface area (TPSA) is 33.2 Å². The summed E-state index contributed by atoms with van der Waals surface area (Å²) in [4.78, 5) is 19.6. The molecule has 2 heterocycles. The number of halogens is 1. The number of amides is 1. The normalized spacial score (nSPS) is 16.3. The summed E-state index contributed by atoms with van der Waals surface area (Å²) in [5.41, 5.74) is 3.75. The van der Waals surface area contributed by atoms with Gasteiger partial charge in [-0.1, -0.05) is 48.5 Å². The lowest BCUT2D eigenvalue weighted by Crippen LogP contribution is -2.32. The Morgan fingerprint density at radius 1 is 1.00 bits per heavy atom. The number of benzene rings is 2. The maximum Gasteiger partial charge on any atom is 0.227 e. The third kappa shape index (κ3) is 4.28. The molecule has 0 spiro atoms. The lowest BCUT2D eigenvalue weighted by Gasteiger charge is -2.25. The second-order valence-corrected chi connectivity index (χ2v) is 7.27. The summed E-state index contributed by atoms with van der Waals surface area (Å²) >= 11 is 0. The smallest absolute Gasteiger partial charge is 0.227 e. The SMILES string of the molecule is O=C(Cc1ccccc1)N1CCC[C@@H]1c1cccc(Cc2cccc(F)c2)n1. The number of nitrogens with zero attached hydrogens (tertiary/aromatic N) is 2. The standard InChI is InChI=1S/C24H23FN2O/c25-20-10-4-9-19(15-20)16-21-11-5-12-22(26-21)23-13-6-14-27(23)24(28)17-18-7-2-1-3-8-18/h1-5,7-12,15,23H,6,13-14,16-17H2/t23-/m1/s1. The van der Waals surface area contributed by atoms with Crippen LogP contribution in [0.5, 0.6) is 0 Å². The van der Waals surface area contributed by atoms with E-state index in [1.807, 2.05) is 59.5 Å². The van der Waals surface area contributed by atoms with E-state index in [9.17, 15) is 9.18 Å². The molecule has 0 bridgehead atoms. The number of carbonyl (C=O) groups is 1. The first-order valence-electron chi connectivity index (χ1n) is 9.73. The van der Waals surface area contributed by atoms with Gasteiger partial charge in [-0.15, -0.1) is 0 Å². The summed E-state index contributed by atoms with van der Waals surface area (Å²) in [7, 11) is 0. The van der Waals surface area contributed by atoms with Gasteiger partial charge in [0.15, 0.2) is 0 Å². The molecule has 3 nitrogen and oxygen atoms in total. The van der Waals surface area contributed by atoms with Gasteiger partial charge in [0.2, 0.25) is 5.91 Å². The van der Waals surface area contributed by atoms with Crippen molar-refractivity contribution in [2.24, 2.45) is 0 Å². The van der Waals surface area contributed by atoms with Crippen LogP contribution < -0.4 is 0 Å². The molecule has 1 amide bonds. The van der Waals surface area contributed by atoms with Crippen LogP contribution in [-0.2, 0) is 17.6 Å². The third-order valence-electron chi connectivity index (χ3n) is 5.22. The molecule has 0 aliphatic carbocycles. The van der Waals surface area contributed by atoms with Crippen molar-refractivity contribution in [3.63, 3.8) is 0 Å². The Morgan fingerprint density at radius 3 is 2.61 bits per heavy atom. The minimum absolute atomic E-state index is 0.0173. The van der Waals surface area contributed by atoms with Crippen molar-refractivity contribution in [3.05, 3.63) is 101 Å². The molecule has 28 heavy (non-hydrogen) atoms. The summed E-state index contributed by atoms with van der Waals surface area (Å²) in [5, 5.41) is 0. The number of pyridine rings is 1. The first-order valence-corrected chi connectivity index (χ1v) is 9.73. The van der Waals surface area contributed by atoms with Crippen molar-refractivity contribution >= 4 is 5.91 Å². The van der Waals surface area contributed by atoms with E-state index in [0.29, 0.717) is 12.8 Å². The van der Waals surface area contributed by atoms with Gasteiger partial charge in [0.1, 0.15) is 5.82 Å². The van der Waals surface area contributed by atoms with Gasteiger partial charge in [-0.3, -0.25) is 9.78 Å². The van der Waals surface area contributed by atoms with Crippen molar-refractivity contribution in [3.8, 4) is 0 Å². The van der Waals surface area contributed by atoms with Gasteiger partial charge in [-0.2, -0.15) is 0 Å². The average Bonchev–Trinajstić information content (AvgIpc) is 3.19.